The lowest BCUT2D eigenvalue weighted by Gasteiger charge is -2.36. The van der Waals surface area contributed by atoms with Gasteiger partial charge < -0.3 is 4.48 Å². The lowest BCUT2D eigenvalue weighted by Crippen LogP contribution is -2.48. The zero-order chi connectivity index (χ0) is 9.07. The molecule has 0 aromatic carbocycles. The van der Waals surface area contributed by atoms with Crippen LogP contribution in [0.2, 0.25) is 0 Å². The van der Waals surface area contributed by atoms with Crippen molar-refractivity contribution in [3.63, 3.8) is 0 Å². The average Bonchev–Trinajstić information content (AvgIpc) is 1.86. The zero-order valence-corrected chi connectivity index (χ0v) is 8.65. The molecule has 66 valence electrons. The van der Waals surface area contributed by atoms with E-state index in [1.54, 1.807) is 0 Å². The molecule has 0 aliphatic carbocycles. The second kappa shape index (κ2) is 3.91. The van der Waals surface area contributed by atoms with Gasteiger partial charge in [0, 0.05) is 0 Å². The smallest absolute Gasteiger partial charge is 0.107 e. The topological polar surface area (TPSA) is 0 Å². The largest absolute Gasteiger partial charge is 0.323 e. The molecule has 1 nitrogen and oxygen atoms in total. The lowest BCUT2D eigenvalue weighted by molar-refractivity contribution is -0.907. The highest BCUT2D eigenvalue weighted by atomic mass is 15.3. The van der Waals surface area contributed by atoms with Crippen LogP contribution < -0.4 is 0 Å². The van der Waals surface area contributed by atoms with Crippen LogP contribution in [0.5, 0.6) is 0 Å². The summed E-state index contributed by atoms with van der Waals surface area (Å²) in [7, 11) is 4.53. The van der Waals surface area contributed by atoms with Crippen LogP contribution in [0.15, 0.2) is 12.2 Å². The standard InChI is InChI=1S/C10H22N/c1-7-8-11(5,6)10(4)9(2)3/h10H,2,7-8H2,1,3-6H3/q+1. The van der Waals surface area contributed by atoms with E-state index in [2.05, 4.69) is 41.4 Å². The minimum absolute atomic E-state index is 0.579. The Kier molecular flexibility index (Phi) is 3.81. The lowest BCUT2D eigenvalue weighted by atomic mass is 10.1. The average molecular weight is 156 g/mol. The molecular weight excluding hydrogens is 134 g/mol. The van der Waals surface area contributed by atoms with Gasteiger partial charge in [-0.1, -0.05) is 13.5 Å². The van der Waals surface area contributed by atoms with Crippen LogP contribution in [0.4, 0.5) is 0 Å². The van der Waals surface area contributed by atoms with Gasteiger partial charge in [-0.25, -0.2) is 0 Å². The number of nitrogens with zero attached hydrogens (tertiary/aromatic N) is 1. The Balaban J connectivity index is 4.16. The van der Waals surface area contributed by atoms with E-state index in [0.29, 0.717) is 6.04 Å². The number of quaternary nitrogens is 1. The number of rotatable bonds is 4. The molecule has 0 aliphatic heterocycles. The summed E-state index contributed by atoms with van der Waals surface area (Å²) < 4.78 is 1.06. The third-order valence-corrected chi connectivity index (χ3v) is 2.56. The van der Waals surface area contributed by atoms with Crippen LogP contribution in [-0.2, 0) is 0 Å². The van der Waals surface area contributed by atoms with E-state index < -0.39 is 0 Å². The monoisotopic (exact) mass is 156 g/mol. The number of hydrogen-bond acceptors (Lipinski definition) is 0. The third-order valence-electron chi connectivity index (χ3n) is 2.56. The summed E-state index contributed by atoms with van der Waals surface area (Å²) in [6, 6.07) is 0.579. The van der Waals surface area contributed by atoms with Crippen LogP contribution in [-0.4, -0.2) is 31.2 Å². The number of hydrogen-bond donors (Lipinski definition) is 0. The maximum absolute atomic E-state index is 3.99. The Labute approximate surface area is 71.3 Å². The molecule has 0 amide bonds. The van der Waals surface area contributed by atoms with E-state index in [9.17, 15) is 0 Å². The molecule has 11 heavy (non-hydrogen) atoms. The quantitative estimate of drug-likeness (QED) is 0.433. The van der Waals surface area contributed by atoms with E-state index in [4.69, 9.17) is 0 Å². The first kappa shape index (κ1) is 10.7. The summed E-state index contributed by atoms with van der Waals surface area (Å²) in [5.41, 5.74) is 1.28. The van der Waals surface area contributed by atoms with E-state index in [1.165, 1.54) is 18.5 Å². The fourth-order valence-corrected chi connectivity index (χ4v) is 1.37. The van der Waals surface area contributed by atoms with E-state index in [1.807, 2.05) is 0 Å². The molecule has 0 aromatic heterocycles. The van der Waals surface area contributed by atoms with Crippen LogP contribution in [0.3, 0.4) is 0 Å². The minimum atomic E-state index is 0.579. The van der Waals surface area contributed by atoms with E-state index in [0.717, 1.165) is 4.48 Å². The Morgan fingerprint density at radius 2 is 1.91 bits per heavy atom. The SMILES string of the molecule is C=C(C)C(C)[N+](C)(C)CCC. The highest BCUT2D eigenvalue weighted by Gasteiger charge is 2.22. The molecule has 0 fully saturated rings. The highest BCUT2D eigenvalue weighted by molar-refractivity contribution is 4.95. The van der Waals surface area contributed by atoms with E-state index in [-0.39, 0.29) is 0 Å². The van der Waals surface area contributed by atoms with Gasteiger partial charge in [0.15, 0.2) is 0 Å². The van der Waals surface area contributed by atoms with Gasteiger partial charge in [0.05, 0.1) is 20.6 Å². The first-order valence-corrected chi connectivity index (χ1v) is 4.40. The highest BCUT2D eigenvalue weighted by Crippen LogP contribution is 2.13. The number of likely N-dealkylation sites (N-methyl/N-ethyl adjacent to an activating group) is 1. The summed E-state index contributed by atoms with van der Waals surface area (Å²) in [4.78, 5) is 0. The Bertz CT molecular complexity index is 136. The molecular formula is C10H22N+. The molecule has 0 radical (unpaired) electrons. The molecule has 1 unspecified atom stereocenters. The molecule has 0 aromatic rings. The third kappa shape index (κ3) is 3.06. The van der Waals surface area contributed by atoms with Crippen LogP contribution >= 0.6 is 0 Å². The van der Waals surface area contributed by atoms with Gasteiger partial charge in [-0.05, 0) is 25.8 Å². The van der Waals surface area contributed by atoms with Crippen molar-refractivity contribution >= 4 is 0 Å². The molecule has 0 saturated heterocycles. The van der Waals surface area contributed by atoms with Crippen molar-refractivity contribution in [1.82, 2.24) is 0 Å². The van der Waals surface area contributed by atoms with Gasteiger partial charge >= 0.3 is 0 Å². The maximum Gasteiger partial charge on any atom is 0.107 e. The summed E-state index contributed by atoms with van der Waals surface area (Å²) in [5, 5.41) is 0. The van der Waals surface area contributed by atoms with Gasteiger partial charge in [0.25, 0.3) is 0 Å². The summed E-state index contributed by atoms with van der Waals surface area (Å²) in [5.74, 6) is 0. The first-order chi connectivity index (χ1) is 4.91. The van der Waals surface area contributed by atoms with Crippen molar-refractivity contribution in [1.29, 1.82) is 0 Å². The molecule has 0 heterocycles. The second-order valence-corrected chi connectivity index (χ2v) is 4.02. The van der Waals surface area contributed by atoms with Crippen molar-refractivity contribution in [2.45, 2.75) is 33.2 Å². The molecule has 1 heteroatoms. The summed E-state index contributed by atoms with van der Waals surface area (Å²) >= 11 is 0. The van der Waals surface area contributed by atoms with Gasteiger partial charge in [-0.15, -0.1) is 0 Å². The van der Waals surface area contributed by atoms with Crippen molar-refractivity contribution in [3.05, 3.63) is 12.2 Å². The van der Waals surface area contributed by atoms with Crippen molar-refractivity contribution in [2.24, 2.45) is 0 Å². The van der Waals surface area contributed by atoms with Crippen LogP contribution in [0.25, 0.3) is 0 Å². The van der Waals surface area contributed by atoms with Crippen LogP contribution in [0, 0.1) is 0 Å². The van der Waals surface area contributed by atoms with Gasteiger partial charge in [0.1, 0.15) is 6.04 Å². The summed E-state index contributed by atoms with van der Waals surface area (Å²) in [6.45, 7) is 11.8. The van der Waals surface area contributed by atoms with Crippen molar-refractivity contribution in [2.75, 3.05) is 20.6 Å². The first-order valence-electron chi connectivity index (χ1n) is 4.40. The maximum atomic E-state index is 3.99. The van der Waals surface area contributed by atoms with E-state index >= 15 is 0 Å². The van der Waals surface area contributed by atoms with Gasteiger partial charge in [-0.2, -0.15) is 0 Å². The second-order valence-electron chi connectivity index (χ2n) is 4.02. The fraction of sp³-hybridized carbons (Fsp3) is 0.800. The van der Waals surface area contributed by atoms with Crippen LogP contribution in [0.1, 0.15) is 27.2 Å². The minimum Gasteiger partial charge on any atom is -0.323 e. The zero-order valence-electron chi connectivity index (χ0n) is 8.65. The molecule has 0 aliphatic rings. The normalized spacial score (nSPS) is 14.6. The molecule has 0 spiro atoms. The Morgan fingerprint density at radius 3 is 2.18 bits per heavy atom. The predicted octanol–water partition coefficient (Wildman–Crippen LogP) is 2.44. The summed E-state index contributed by atoms with van der Waals surface area (Å²) in [6.07, 6.45) is 1.24. The van der Waals surface area contributed by atoms with Crippen molar-refractivity contribution in [3.8, 4) is 0 Å². The molecule has 0 saturated carbocycles. The Hall–Kier alpha value is -0.300. The molecule has 0 N–H and O–H groups in total. The fourth-order valence-electron chi connectivity index (χ4n) is 1.37. The molecule has 0 bridgehead atoms. The Morgan fingerprint density at radius 1 is 1.45 bits per heavy atom. The van der Waals surface area contributed by atoms with Gasteiger partial charge in [-0.3, -0.25) is 0 Å². The van der Waals surface area contributed by atoms with Crippen molar-refractivity contribution < 1.29 is 4.48 Å². The predicted molar refractivity (Wildman–Crippen MR) is 51.5 cm³/mol. The van der Waals surface area contributed by atoms with Gasteiger partial charge in [0.2, 0.25) is 0 Å². The molecule has 1 atom stereocenters. The molecule has 0 rings (SSSR count).